The maximum absolute atomic E-state index is 4.55. The van der Waals surface area contributed by atoms with E-state index in [9.17, 15) is 0 Å². The molecule has 0 bridgehead atoms. The second-order valence-corrected chi connectivity index (χ2v) is 6.75. The van der Waals surface area contributed by atoms with Crippen molar-refractivity contribution in [1.29, 1.82) is 0 Å². The second kappa shape index (κ2) is 3.74. The molecule has 0 fully saturated rings. The van der Waals surface area contributed by atoms with E-state index in [1.165, 1.54) is 10.9 Å². The minimum absolute atomic E-state index is 0.623. The van der Waals surface area contributed by atoms with Gasteiger partial charge in [-0.1, -0.05) is 0 Å². The molecule has 11 heavy (non-hydrogen) atoms. The molecule has 0 saturated heterocycles. The van der Waals surface area contributed by atoms with Crippen LogP contribution in [0.15, 0.2) is 21.4 Å². The Hall–Kier alpha value is 0.203. The molecule has 1 aliphatic carbocycles. The van der Waals surface area contributed by atoms with Crippen molar-refractivity contribution in [2.75, 3.05) is 0 Å². The van der Waals surface area contributed by atoms with Crippen molar-refractivity contribution in [2.24, 2.45) is 0 Å². The van der Waals surface area contributed by atoms with Crippen molar-refractivity contribution >= 4 is 8.80 Å². The van der Waals surface area contributed by atoms with Crippen LogP contribution in [0.5, 0.6) is 0 Å². The van der Waals surface area contributed by atoms with Gasteiger partial charge in [0, 0.05) is 0 Å². The number of allylic oxidation sites excluding steroid dienone is 4. The number of rotatable bonds is 2. The third-order valence-electron chi connectivity index (χ3n) is 2.10. The van der Waals surface area contributed by atoms with Gasteiger partial charge in [0.05, 0.1) is 0 Å². The van der Waals surface area contributed by atoms with Crippen molar-refractivity contribution in [3.63, 3.8) is 0 Å². The zero-order valence-electron chi connectivity index (χ0n) is 7.40. The summed E-state index contributed by atoms with van der Waals surface area (Å²) in [5, 5.41) is 1.62. The fraction of sp³-hybridized carbons (Fsp3) is 0.556. The summed E-state index contributed by atoms with van der Waals surface area (Å²) in [6, 6.07) is 0. The van der Waals surface area contributed by atoms with Crippen LogP contribution in [0.3, 0.4) is 0 Å². The van der Waals surface area contributed by atoms with Crippen molar-refractivity contribution in [3.8, 4) is 0 Å². The van der Waals surface area contributed by atoms with Crippen molar-refractivity contribution in [2.45, 2.75) is 32.9 Å². The topological polar surface area (TPSA) is 0 Å². The SMILES string of the molecule is CCC1=CC[C]([Co])=C1[SiH](C)C. The molecule has 0 aliphatic heterocycles. The molecule has 64 valence electrons. The van der Waals surface area contributed by atoms with Crippen LogP contribution in [-0.4, -0.2) is 8.80 Å². The first-order chi connectivity index (χ1) is 5.16. The summed E-state index contributed by atoms with van der Waals surface area (Å²) >= 11 is 4.55. The van der Waals surface area contributed by atoms with E-state index < -0.39 is 8.80 Å². The fourth-order valence-electron chi connectivity index (χ4n) is 1.60. The van der Waals surface area contributed by atoms with Gasteiger partial charge < -0.3 is 0 Å². The Morgan fingerprint density at radius 1 is 1.55 bits per heavy atom. The van der Waals surface area contributed by atoms with Crippen LogP contribution >= 0.6 is 0 Å². The Labute approximate surface area is 79.0 Å². The van der Waals surface area contributed by atoms with Gasteiger partial charge in [-0.25, -0.2) is 0 Å². The van der Waals surface area contributed by atoms with Gasteiger partial charge in [0.2, 0.25) is 0 Å². The molecule has 0 nitrogen and oxygen atoms in total. The molecule has 2 heteroatoms. The third kappa shape index (κ3) is 1.86. The molecule has 0 aromatic rings. The van der Waals surface area contributed by atoms with Crippen LogP contribution in [0.25, 0.3) is 0 Å². The average molecular weight is 210 g/mol. The predicted molar refractivity (Wildman–Crippen MR) is 48.9 cm³/mol. The van der Waals surface area contributed by atoms with Crippen LogP contribution in [0.4, 0.5) is 0 Å². The molecule has 0 heterocycles. The van der Waals surface area contributed by atoms with Gasteiger partial charge in [0.1, 0.15) is 0 Å². The standard InChI is InChI=1S/C9H15Si.Co/c1-4-8-6-5-7-9(8)10(2)3;/h6,10H,4-5H2,1-3H3;. The van der Waals surface area contributed by atoms with E-state index in [0.29, 0.717) is 0 Å². The van der Waals surface area contributed by atoms with Gasteiger partial charge in [0.15, 0.2) is 0 Å². The van der Waals surface area contributed by atoms with Crippen molar-refractivity contribution in [1.82, 2.24) is 0 Å². The Balaban J connectivity index is 2.87. The van der Waals surface area contributed by atoms with Gasteiger partial charge in [-0.15, -0.1) is 0 Å². The summed E-state index contributed by atoms with van der Waals surface area (Å²) < 4.78 is 1.33. The summed E-state index contributed by atoms with van der Waals surface area (Å²) in [5.74, 6) is 0. The summed E-state index contributed by atoms with van der Waals surface area (Å²) in [7, 11) is -0.623. The molecule has 1 rings (SSSR count). The van der Waals surface area contributed by atoms with E-state index in [2.05, 4.69) is 41.8 Å². The van der Waals surface area contributed by atoms with E-state index in [0.717, 1.165) is 6.42 Å². The Kier molecular flexibility index (Phi) is 3.16. The third-order valence-corrected chi connectivity index (χ3v) is 4.72. The van der Waals surface area contributed by atoms with E-state index in [1.807, 2.05) is 0 Å². The molecule has 0 aromatic heterocycles. The molecular formula is C9H15CoSi. The zero-order valence-corrected chi connectivity index (χ0v) is 9.60. The molecule has 0 unspecified atom stereocenters. The fourth-order valence-corrected chi connectivity index (χ4v) is 4.56. The number of hydrogen-bond donors (Lipinski definition) is 0. The van der Waals surface area contributed by atoms with Gasteiger partial charge in [-0.3, -0.25) is 0 Å². The van der Waals surface area contributed by atoms with Gasteiger partial charge >= 0.3 is 78.7 Å². The predicted octanol–water partition coefficient (Wildman–Crippen LogP) is 2.55. The molecule has 0 spiro atoms. The van der Waals surface area contributed by atoms with Crippen LogP contribution in [0, 0.1) is 0 Å². The normalized spacial score (nSPS) is 18.2. The second-order valence-electron chi connectivity index (χ2n) is 3.23. The summed E-state index contributed by atoms with van der Waals surface area (Å²) in [6.45, 7) is 6.98. The van der Waals surface area contributed by atoms with Crippen molar-refractivity contribution < 1.29 is 15.7 Å². The zero-order chi connectivity index (χ0) is 8.43. The van der Waals surface area contributed by atoms with Crippen molar-refractivity contribution in [3.05, 3.63) is 21.4 Å². The van der Waals surface area contributed by atoms with Gasteiger partial charge in [-0.2, -0.15) is 0 Å². The molecule has 0 radical (unpaired) electrons. The summed E-state index contributed by atoms with van der Waals surface area (Å²) in [6.07, 6.45) is 4.61. The molecule has 1 aliphatic rings. The number of hydrogen-bond acceptors (Lipinski definition) is 0. The monoisotopic (exact) mass is 210 g/mol. The van der Waals surface area contributed by atoms with E-state index >= 15 is 0 Å². The van der Waals surface area contributed by atoms with E-state index in [1.54, 1.807) is 10.8 Å². The first-order valence-corrected chi connectivity index (χ1v) is 7.63. The quantitative estimate of drug-likeness (QED) is 0.614. The molecule has 0 amide bonds. The van der Waals surface area contributed by atoms with E-state index in [4.69, 9.17) is 0 Å². The Bertz CT molecular complexity index is 214. The Morgan fingerprint density at radius 2 is 2.18 bits per heavy atom. The molecule has 0 aromatic carbocycles. The summed E-state index contributed by atoms with van der Waals surface area (Å²) in [4.78, 5) is 0. The first-order valence-electron chi connectivity index (χ1n) is 4.22. The van der Waals surface area contributed by atoms with Crippen LogP contribution in [0.1, 0.15) is 19.8 Å². The molecule has 0 N–H and O–H groups in total. The van der Waals surface area contributed by atoms with Crippen LogP contribution in [0.2, 0.25) is 13.1 Å². The molecule has 0 saturated carbocycles. The van der Waals surface area contributed by atoms with Gasteiger partial charge in [0.25, 0.3) is 0 Å². The van der Waals surface area contributed by atoms with Crippen LogP contribution < -0.4 is 0 Å². The van der Waals surface area contributed by atoms with Crippen LogP contribution in [-0.2, 0) is 15.7 Å². The first kappa shape index (κ1) is 9.29. The average Bonchev–Trinajstić information content (AvgIpc) is 2.30. The molecular weight excluding hydrogens is 195 g/mol. The maximum atomic E-state index is 4.55. The Morgan fingerprint density at radius 3 is 2.55 bits per heavy atom. The van der Waals surface area contributed by atoms with Gasteiger partial charge in [-0.05, 0) is 0 Å². The minimum atomic E-state index is -0.623. The van der Waals surface area contributed by atoms with E-state index in [-0.39, 0.29) is 0 Å². The summed E-state index contributed by atoms with van der Waals surface area (Å²) in [5.41, 5.74) is 1.56. The molecule has 0 atom stereocenters.